The number of hydrogen-bond donors (Lipinski definition) is 1. The Kier molecular flexibility index (Phi) is 6.08. The minimum Gasteiger partial charge on any atom is -0.496 e. The van der Waals surface area contributed by atoms with Gasteiger partial charge < -0.3 is 10.1 Å². The second kappa shape index (κ2) is 8.49. The van der Waals surface area contributed by atoms with Crippen molar-refractivity contribution in [3.8, 4) is 5.75 Å². The van der Waals surface area contributed by atoms with Gasteiger partial charge in [-0.25, -0.2) is 0 Å². The van der Waals surface area contributed by atoms with Crippen LogP contribution in [0.25, 0.3) is 0 Å². The monoisotopic (exact) mass is 433 g/mol. The quantitative estimate of drug-likeness (QED) is 0.546. The summed E-state index contributed by atoms with van der Waals surface area (Å²) in [5.41, 5.74) is 1.14. The smallest absolute Gasteiger partial charge is 0.296 e. The van der Waals surface area contributed by atoms with Crippen molar-refractivity contribution in [1.29, 1.82) is 0 Å². The first-order valence-electron chi connectivity index (χ1n) is 8.59. The first kappa shape index (κ1) is 19.3. The van der Waals surface area contributed by atoms with E-state index in [2.05, 4.69) is 38.3 Å². The molecule has 0 spiro atoms. The number of rotatable bonds is 6. The molecule has 1 unspecified atom stereocenters. The number of anilines is 1. The minimum atomic E-state index is -0.529. The predicted octanol–water partition coefficient (Wildman–Crippen LogP) is 4.14. The second-order valence-corrected chi connectivity index (χ2v) is 7.29. The van der Waals surface area contributed by atoms with Gasteiger partial charge in [-0.1, -0.05) is 28.1 Å². The van der Waals surface area contributed by atoms with Gasteiger partial charge in [-0.2, -0.15) is 0 Å². The van der Waals surface area contributed by atoms with E-state index in [1.165, 1.54) is 19.2 Å². The molecule has 1 aliphatic heterocycles. The molecule has 1 amide bonds. The zero-order chi connectivity index (χ0) is 19.4. The SMILES string of the molecule is COc1ccc(NC(=O)CN2CCCC2c2cccc(Br)c2)c([N+](=O)[O-])c1. The standard InChI is InChI=1S/C19H20BrN3O4/c1-27-15-7-8-16(18(11-15)23(25)26)21-19(24)12-22-9-3-6-17(22)13-4-2-5-14(20)10-13/h2,4-5,7-8,10-11,17H,3,6,9,12H2,1H3,(H,21,24). The van der Waals surface area contributed by atoms with Crippen LogP contribution >= 0.6 is 15.9 Å². The molecule has 2 aromatic carbocycles. The van der Waals surface area contributed by atoms with Crippen molar-refractivity contribution >= 4 is 33.2 Å². The molecule has 1 N–H and O–H groups in total. The van der Waals surface area contributed by atoms with Crippen molar-refractivity contribution in [2.45, 2.75) is 18.9 Å². The van der Waals surface area contributed by atoms with Gasteiger partial charge in [0.1, 0.15) is 11.4 Å². The van der Waals surface area contributed by atoms with Crippen LogP contribution in [0.2, 0.25) is 0 Å². The fourth-order valence-electron chi connectivity index (χ4n) is 3.38. The van der Waals surface area contributed by atoms with Gasteiger partial charge in [0.05, 0.1) is 24.6 Å². The van der Waals surface area contributed by atoms with Crippen molar-refractivity contribution in [3.63, 3.8) is 0 Å². The van der Waals surface area contributed by atoms with Gasteiger partial charge in [0, 0.05) is 10.5 Å². The molecule has 142 valence electrons. The van der Waals surface area contributed by atoms with E-state index >= 15 is 0 Å². The molecule has 1 saturated heterocycles. The minimum absolute atomic E-state index is 0.166. The van der Waals surface area contributed by atoms with Crippen molar-refractivity contribution < 1.29 is 14.5 Å². The number of nitrogens with one attached hydrogen (secondary N) is 1. The molecule has 0 bridgehead atoms. The molecule has 7 nitrogen and oxygen atoms in total. The first-order chi connectivity index (χ1) is 13.0. The highest BCUT2D eigenvalue weighted by Crippen LogP contribution is 2.33. The van der Waals surface area contributed by atoms with Gasteiger partial charge >= 0.3 is 0 Å². The third kappa shape index (κ3) is 4.64. The Morgan fingerprint density at radius 3 is 2.89 bits per heavy atom. The van der Waals surface area contributed by atoms with Crippen LogP contribution in [0.5, 0.6) is 5.75 Å². The number of nitrogens with zero attached hydrogens (tertiary/aromatic N) is 2. The first-order valence-corrected chi connectivity index (χ1v) is 9.39. The highest BCUT2D eigenvalue weighted by atomic mass is 79.9. The molecular formula is C19H20BrN3O4. The number of halogens is 1. The summed E-state index contributed by atoms with van der Waals surface area (Å²) in [6, 6.07) is 12.6. The number of benzene rings is 2. The summed E-state index contributed by atoms with van der Waals surface area (Å²) in [7, 11) is 1.44. The Morgan fingerprint density at radius 1 is 1.37 bits per heavy atom. The molecule has 3 rings (SSSR count). The average Bonchev–Trinajstić information content (AvgIpc) is 3.09. The number of ether oxygens (including phenoxy) is 1. The van der Waals surface area contributed by atoms with Crippen LogP contribution in [0.1, 0.15) is 24.4 Å². The summed E-state index contributed by atoms with van der Waals surface area (Å²) >= 11 is 3.49. The van der Waals surface area contributed by atoms with Crippen LogP contribution in [0.15, 0.2) is 46.9 Å². The largest absolute Gasteiger partial charge is 0.496 e. The Labute approximate surface area is 165 Å². The van der Waals surface area contributed by atoms with Gasteiger partial charge in [-0.3, -0.25) is 19.8 Å². The number of carbonyl (C=O) groups is 1. The zero-order valence-corrected chi connectivity index (χ0v) is 16.4. The lowest BCUT2D eigenvalue weighted by Crippen LogP contribution is -2.33. The van der Waals surface area contributed by atoms with Gasteiger partial charge in [-0.05, 0) is 49.2 Å². The van der Waals surface area contributed by atoms with Crippen LogP contribution in [0, 0.1) is 10.1 Å². The van der Waals surface area contributed by atoms with Gasteiger partial charge in [0.25, 0.3) is 5.69 Å². The lowest BCUT2D eigenvalue weighted by atomic mass is 10.0. The van der Waals surface area contributed by atoms with Crippen LogP contribution < -0.4 is 10.1 Å². The van der Waals surface area contributed by atoms with Crippen LogP contribution in [-0.2, 0) is 4.79 Å². The number of hydrogen-bond acceptors (Lipinski definition) is 5. The molecule has 1 heterocycles. The second-order valence-electron chi connectivity index (χ2n) is 6.37. The number of nitro benzene ring substituents is 1. The predicted molar refractivity (Wildman–Crippen MR) is 106 cm³/mol. The third-order valence-electron chi connectivity index (χ3n) is 4.62. The van der Waals surface area contributed by atoms with E-state index in [-0.39, 0.29) is 29.9 Å². The van der Waals surface area contributed by atoms with Crippen molar-refractivity contribution in [2.75, 3.05) is 25.5 Å². The Bertz CT molecular complexity index is 859. The van der Waals surface area contributed by atoms with Crippen molar-refractivity contribution in [3.05, 3.63) is 62.6 Å². The summed E-state index contributed by atoms with van der Waals surface area (Å²) < 4.78 is 6.02. The maximum Gasteiger partial charge on any atom is 0.296 e. The molecule has 0 aliphatic carbocycles. The van der Waals surface area contributed by atoms with E-state index in [1.54, 1.807) is 6.07 Å². The van der Waals surface area contributed by atoms with Crippen LogP contribution in [0.3, 0.4) is 0 Å². The summed E-state index contributed by atoms with van der Waals surface area (Å²) in [4.78, 5) is 25.4. The van der Waals surface area contributed by atoms with Crippen molar-refractivity contribution in [1.82, 2.24) is 4.90 Å². The van der Waals surface area contributed by atoms with Gasteiger partial charge in [0.2, 0.25) is 5.91 Å². The molecule has 1 atom stereocenters. The van der Waals surface area contributed by atoms with Crippen LogP contribution in [-0.4, -0.2) is 35.9 Å². The van der Waals surface area contributed by atoms with Crippen LogP contribution in [0.4, 0.5) is 11.4 Å². The molecule has 2 aromatic rings. The van der Waals surface area contributed by atoms with E-state index in [0.717, 1.165) is 29.4 Å². The fraction of sp³-hybridized carbons (Fsp3) is 0.316. The normalized spacial score (nSPS) is 16.9. The maximum atomic E-state index is 12.5. The zero-order valence-electron chi connectivity index (χ0n) is 14.9. The van der Waals surface area contributed by atoms with E-state index in [9.17, 15) is 14.9 Å². The molecule has 27 heavy (non-hydrogen) atoms. The highest BCUT2D eigenvalue weighted by Gasteiger charge is 2.28. The average molecular weight is 434 g/mol. The number of amides is 1. The Balaban J connectivity index is 1.71. The number of likely N-dealkylation sites (tertiary alicyclic amines) is 1. The lowest BCUT2D eigenvalue weighted by Gasteiger charge is -2.24. The van der Waals surface area contributed by atoms with E-state index in [1.807, 2.05) is 12.1 Å². The Hall–Kier alpha value is -2.45. The topological polar surface area (TPSA) is 84.7 Å². The molecule has 0 saturated carbocycles. The summed E-state index contributed by atoms with van der Waals surface area (Å²) in [5.74, 6) is 0.0964. The molecule has 1 aliphatic rings. The van der Waals surface area contributed by atoms with Crippen molar-refractivity contribution in [2.24, 2.45) is 0 Å². The third-order valence-corrected chi connectivity index (χ3v) is 5.11. The maximum absolute atomic E-state index is 12.5. The molecule has 0 aromatic heterocycles. The number of nitro groups is 1. The molecular weight excluding hydrogens is 414 g/mol. The number of carbonyl (C=O) groups excluding carboxylic acids is 1. The molecule has 8 heteroatoms. The molecule has 0 radical (unpaired) electrons. The highest BCUT2D eigenvalue weighted by molar-refractivity contribution is 9.10. The summed E-state index contributed by atoms with van der Waals surface area (Å²) in [6.07, 6.45) is 1.99. The Morgan fingerprint density at radius 2 is 2.19 bits per heavy atom. The van der Waals surface area contributed by atoms with Gasteiger partial charge in [-0.15, -0.1) is 0 Å². The fourth-order valence-corrected chi connectivity index (χ4v) is 3.79. The van der Waals surface area contributed by atoms with E-state index in [4.69, 9.17) is 4.74 Å². The molecule has 1 fully saturated rings. The lowest BCUT2D eigenvalue weighted by molar-refractivity contribution is -0.384. The summed E-state index contributed by atoms with van der Waals surface area (Å²) in [5, 5.41) is 13.9. The number of methoxy groups -OCH3 is 1. The van der Waals surface area contributed by atoms with Gasteiger partial charge in [0.15, 0.2) is 0 Å². The summed E-state index contributed by atoms with van der Waals surface area (Å²) in [6.45, 7) is 0.996. The van der Waals surface area contributed by atoms with E-state index < -0.39 is 4.92 Å². The van der Waals surface area contributed by atoms with E-state index in [0.29, 0.717) is 5.75 Å².